The van der Waals surface area contributed by atoms with Crippen LogP contribution in [0.5, 0.6) is 0 Å². The van der Waals surface area contributed by atoms with Crippen LogP contribution in [0, 0.1) is 0 Å². The number of anilines is 1. The SMILES string of the molecule is CCCCCC1SCC2C(=O)N(c3ccc(Cl)cc3)C(=S)N12. The van der Waals surface area contributed by atoms with E-state index in [1.807, 2.05) is 23.9 Å². The van der Waals surface area contributed by atoms with E-state index in [0.29, 0.717) is 15.5 Å². The van der Waals surface area contributed by atoms with Crippen LogP contribution < -0.4 is 4.90 Å². The molecule has 0 aromatic heterocycles. The Hall–Kier alpha value is -0.780. The minimum Gasteiger partial charge on any atom is -0.324 e. The second-order valence-electron chi connectivity index (χ2n) is 5.64. The van der Waals surface area contributed by atoms with Crippen molar-refractivity contribution in [1.82, 2.24) is 4.90 Å². The summed E-state index contributed by atoms with van der Waals surface area (Å²) in [5.74, 6) is 0.928. The molecule has 0 spiro atoms. The van der Waals surface area contributed by atoms with Gasteiger partial charge in [-0.3, -0.25) is 9.69 Å². The molecule has 2 heterocycles. The first-order valence-electron chi connectivity index (χ1n) is 7.67. The topological polar surface area (TPSA) is 23.6 Å². The molecule has 1 aromatic carbocycles. The van der Waals surface area contributed by atoms with E-state index in [9.17, 15) is 4.79 Å². The zero-order chi connectivity index (χ0) is 15.7. The van der Waals surface area contributed by atoms with Gasteiger partial charge in [0.15, 0.2) is 5.11 Å². The number of halogens is 1. The van der Waals surface area contributed by atoms with Gasteiger partial charge in [-0.05, 0) is 42.9 Å². The monoisotopic (exact) mass is 354 g/mol. The highest BCUT2D eigenvalue weighted by molar-refractivity contribution is 8.00. The number of thioether (sulfide) groups is 1. The van der Waals surface area contributed by atoms with E-state index >= 15 is 0 Å². The van der Waals surface area contributed by atoms with Crippen LogP contribution in [0.3, 0.4) is 0 Å². The first-order valence-corrected chi connectivity index (χ1v) is 9.50. The summed E-state index contributed by atoms with van der Waals surface area (Å²) in [6, 6.07) is 7.20. The Kier molecular flexibility index (Phi) is 4.95. The number of nitrogens with zero attached hydrogens (tertiary/aromatic N) is 2. The van der Waals surface area contributed by atoms with Crippen molar-refractivity contribution in [3.05, 3.63) is 29.3 Å². The molecule has 0 N–H and O–H groups in total. The lowest BCUT2D eigenvalue weighted by atomic mass is 10.2. The Morgan fingerprint density at radius 2 is 2.05 bits per heavy atom. The third-order valence-electron chi connectivity index (χ3n) is 4.15. The number of hydrogen-bond donors (Lipinski definition) is 0. The number of unbranched alkanes of at least 4 members (excludes halogenated alkanes) is 2. The molecule has 2 aliphatic rings. The van der Waals surface area contributed by atoms with Crippen LogP contribution in [0.2, 0.25) is 5.02 Å². The van der Waals surface area contributed by atoms with Gasteiger partial charge in [0.1, 0.15) is 6.04 Å². The van der Waals surface area contributed by atoms with E-state index in [1.165, 1.54) is 19.3 Å². The number of rotatable bonds is 5. The lowest BCUT2D eigenvalue weighted by Crippen LogP contribution is -2.37. The fourth-order valence-electron chi connectivity index (χ4n) is 2.99. The molecule has 3 rings (SSSR count). The normalized spacial score (nSPS) is 24.3. The Labute approximate surface area is 146 Å². The molecule has 118 valence electrons. The van der Waals surface area contributed by atoms with Crippen LogP contribution in [0.1, 0.15) is 32.6 Å². The molecular formula is C16H19ClN2OS2. The van der Waals surface area contributed by atoms with Crippen LogP contribution >= 0.6 is 35.6 Å². The molecule has 2 atom stereocenters. The van der Waals surface area contributed by atoms with E-state index in [-0.39, 0.29) is 11.9 Å². The average Bonchev–Trinajstić information content (AvgIpc) is 3.02. The van der Waals surface area contributed by atoms with E-state index in [2.05, 4.69) is 11.8 Å². The van der Waals surface area contributed by atoms with Gasteiger partial charge in [0.2, 0.25) is 0 Å². The maximum atomic E-state index is 12.7. The highest BCUT2D eigenvalue weighted by Gasteiger charge is 2.50. The van der Waals surface area contributed by atoms with Crippen LogP contribution in [-0.2, 0) is 4.79 Å². The fraction of sp³-hybridized carbons (Fsp3) is 0.500. The van der Waals surface area contributed by atoms with Crippen LogP contribution in [-0.4, -0.2) is 33.1 Å². The minimum atomic E-state index is -0.0974. The van der Waals surface area contributed by atoms with Crippen molar-refractivity contribution >= 4 is 52.3 Å². The number of carbonyl (C=O) groups is 1. The number of amides is 1. The van der Waals surface area contributed by atoms with Crippen LogP contribution in [0.4, 0.5) is 5.69 Å². The molecule has 3 nitrogen and oxygen atoms in total. The van der Waals surface area contributed by atoms with Crippen molar-refractivity contribution in [2.75, 3.05) is 10.7 Å². The lowest BCUT2D eigenvalue weighted by molar-refractivity contribution is -0.119. The molecule has 2 aliphatic heterocycles. The Bertz CT molecular complexity index is 578. The van der Waals surface area contributed by atoms with Crippen LogP contribution in [0.25, 0.3) is 0 Å². The molecular weight excluding hydrogens is 336 g/mol. The second kappa shape index (κ2) is 6.77. The van der Waals surface area contributed by atoms with Gasteiger partial charge in [-0.2, -0.15) is 0 Å². The van der Waals surface area contributed by atoms with Gasteiger partial charge in [0, 0.05) is 10.8 Å². The third kappa shape index (κ3) is 2.86. The molecule has 0 saturated carbocycles. The molecule has 2 saturated heterocycles. The zero-order valence-corrected chi connectivity index (χ0v) is 14.9. The number of hydrogen-bond acceptors (Lipinski definition) is 3. The van der Waals surface area contributed by atoms with E-state index in [4.69, 9.17) is 23.8 Å². The Balaban J connectivity index is 1.78. The summed E-state index contributed by atoms with van der Waals surface area (Å²) in [7, 11) is 0. The van der Waals surface area contributed by atoms with Gasteiger partial charge >= 0.3 is 0 Å². The first-order chi connectivity index (χ1) is 10.6. The average molecular weight is 355 g/mol. The highest BCUT2D eigenvalue weighted by Crippen LogP contribution is 2.39. The molecule has 0 bridgehead atoms. The zero-order valence-electron chi connectivity index (χ0n) is 12.5. The van der Waals surface area contributed by atoms with Gasteiger partial charge in [0.25, 0.3) is 5.91 Å². The molecule has 2 fully saturated rings. The van der Waals surface area contributed by atoms with Crippen molar-refractivity contribution in [2.45, 2.75) is 44.0 Å². The van der Waals surface area contributed by atoms with Crippen molar-refractivity contribution < 1.29 is 4.79 Å². The third-order valence-corrected chi connectivity index (χ3v) is 6.15. The summed E-state index contributed by atoms with van der Waals surface area (Å²) >= 11 is 13.4. The molecule has 0 radical (unpaired) electrons. The Morgan fingerprint density at radius 1 is 1.32 bits per heavy atom. The van der Waals surface area contributed by atoms with Gasteiger partial charge < -0.3 is 4.90 Å². The maximum Gasteiger partial charge on any atom is 0.257 e. The molecule has 2 unspecified atom stereocenters. The minimum absolute atomic E-state index is 0.0952. The number of thiocarbonyl (C=S) groups is 1. The molecule has 6 heteroatoms. The summed E-state index contributed by atoms with van der Waals surface area (Å²) in [4.78, 5) is 16.5. The number of fused-ring (bicyclic) bond motifs is 1. The summed E-state index contributed by atoms with van der Waals surface area (Å²) in [5, 5.41) is 1.64. The van der Waals surface area contributed by atoms with E-state index in [1.54, 1.807) is 17.0 Å². The Morgan fingerprint density at radius 3 is 2.73 bits per heavy atom. The van der Waals surface area contributed by atoms with Gasteiger partial charge in [-0.25, -0.2) is 0 Å². The van der Waals surface area contributed by atoms with Crippen LogP contribution in [0.15, 0.2) is 24.3 Å². The largest absolute Gasteiger partial charge is 0.324 e. The van der Waals surface area contributed by atoms with Crippen molar-refractivity contribution in [1.29, 1.82) is 0 Å². The summed E-state index contributed by atoms with van der Waals surface area (Å²) < 4.78 is 0. The smallest absolute Gasteiger partial charge is 0.257 e. The summed E-state index contributed by atoms with van der Waals surface area (Å²) in [6.45, 7) is 2.21. The highest BCUT2D eigenvalue weighted by atomic mass is 35.5. The molecule has 1 amide bonds. The predicted molar refractivity (Wildman–Crippen MR) is 97.6 cm³/mol. The van der Waals surface area contributed by atoms with Crippen molar-refractivity contribution in [2.24, 2.45) is 0 Å². The number of benzene rings is 1. The lowest BCUT2D eigenvalue weighted by Gasteiger charge is -2.25. The van der Waals surface area contributed by atoms with E-state index in [0.717, 1.165) is 17.9 Å². The second-order valence-corrected chi connectivity index (χ2v) is 7.65. The van der Waals surface area contributed by atoms with Crippen molar-refractivity contribution in [3.63, 3.8) is 0 Å². The molecule has 0 aliphatic carbocycles. The summed E-state index contributed by atoms with van der Waals surface area (Å²) in [6.07, 6.45) is 4.73. The van der Waals surface area contributed by atoms with Gasteiger partial charge in [-0.15, -0.1) is 11.8 Å². The summed E-state index contributed by atoms with van der Waals surface area (Å²) in [5.41, 5.74) is 0.811. The fourth-order valence-corrected chi connectivity index (χ4v) is 5.08. The van der Waals surface area contributed by atoms with Gasteiger partial charge in [-0.1, -0.05) is 37.8 Å². The quantitative estimate of drug-likeness (QED) is 0.581. The maximum absolute atomic E-state index is 12.7. The molecule has 22 heavy (non-hydrogen) atoms. The standard InChI is InChI=1S/C16H19ClN2OS2/c1-2-3-4-5-14-19-13(10-22-14)15(20)18(16(19)21)12-8-6-11(17)7-9-12/h6-9,13-14H,2-5,10H2,1H3. The van der Waals surface area contributed by atoms with Gasteiger partial charge in [0.05, 0.1) is 11.1 Å². The van der Waals surface area contributed by atoms with Crippen molar-refractivity contribution in [3.8, 4) is 0 Å². The number of carbonyl (C=O) groups excluding carboxylic acids is 1. The molecule has 1 aromatic rings. The predicted octanol–water partition coefficient (Wildman–Crippen LogP) is 4.30. The van der Waals surface area contributed by atoms with E-state index < -0.39 is 0 Å². The first kappa shape index (κ1) is 16.1.